The topological polar surface area (TPSA) is 82.1 Å². The van der Waals surface area contributed by atoms with Gasteiger partial charge in [-0.1, -0.05) is 42.5 Å². The molecule has 0 radical (unpaired) electrons. The van der Waals surface area contributed by atoms with Gasteiger partial charge in [0.25, 0.3) is 5.91 Å². The van der Waals surface area contributed by atoms with Crippen molar-refractivity contribution in [3.05, 3.63) is 89.5 Å². The lowest BCUT2D eigenvalue weighted by molar-refractivity contribution is 0.0698. The van der Waals surface area contributed by atoms with Crippen LogP contribution in [0.4, 0.5) is 11.4 Å². The summed E-state index contributed by atoms with van der Waals surface area (Å²) >= 11 is 0. The number of aromatic carboxylic acids is 1. The number of hydrogen-bond donors (Lipinski definition) is 2. The standard InChI is InChI=1S/C28H31N3O4/c1-35-26-12-6-5-11-23(26)27(32)29-25-14-13-22(20-24(25)28(33)34)31-18-16-30(17-19-31)15-7-10-21-8-3-2-4-9-21/h2-6,8-9,11-14,20H,7,10,15-19H2,1H3,(H,29,32)(H,33,34). The number of methoxy groups -OCH3 is 1. The Morgan fingerprint density at radius 3 is 2.34 bits per heavy atom. The predicted octanol–water partition coefficient (Wildman–Crippen LogP) is 4.40. The summed E-state index contributed by atoms with van der Waals surface area (Å²) in [4.78, 5) is 29.4. The molecule has 3 aromatic carbocycles. The minimum absolute atomic E-state index is 0.0658. The van der Waals surface area contributed by atoms with Gasteiger partial charge in [-0.3, -0.25) is 9.69 Å². The van der Waals surface area contributed by atoms with E-state index in [1.54, 1.807) is 36.4 Å². The summed E-state index contributed by atoms with van der Waals surface area (Å²) in [7, 11) is 1.49. The maximum Gasteiger partial charge on any atom is 0.337 e. The van der Waals surface area contributed by atoms with Crippen LogP contribution in [0.1, 0.15) is 32.7 Å². The number of anilines is 2. The minimum atomic E-state index is -1.08. The second kappa shape index (κ2) is 11.5. The summed E-state index contributed by atoms with van der Waals surface area (Å²) in [6.07, 6.45) is 2.19. The van der Waals surface area contributed by atoms with E-state index in [0.717, 1.165) is 51.3 Å². The molecule has 1 saturated heterocycles. The number of ether oxygens (including phenoxy) is 1. The van der Waals surface area contributed by atoms with Gasteiger partial charge in [0.15, 0.2) is 0 Å². The molecule has 35 heavy (non-hydrogen) atoms. The van der Waals surface area contributed by atoms with E-state index in [2.05, 4.69) is 39.4 Å². The fourth-order valence-corrected chi connectivity index (χ4v) is 4.42. The lowest BCUT2D eigenvalue weighted by Gasteiger charge is -2.36. The van der Waals surface area contributed by atoms with Gasteiger partial charge < -0.3 is 20.1 Å². The second-order valence-electron chi connectivity index (χ2n) is 8.61. The summed E-state index contributed by atoms with van der Waals surface area (Å²) in [5, 5.41) is 12.5. The third kappa shape index (κ3) is 6.19. The lowest BCUT2D eigenvalue weighted by Crippen LogP contribution is -2.46. The van der Waals surface area contributed by atoms with Gasteiger partial charge in [0.05, 0.1) is 23.9 Å². The van der Waals surface area contributed by atoms with Crippen molar-refractivity contribution in [1.82, 2.24) is 4.90 Å². The summed E-state index contributed by atoms with van der Waals surface area (Å²) in [5.41, 5.74) is 2.89. The number of carbonyl (C=O) groups is 2. The molecular formula is C28H31N3O4. The van der Waals surface area contributed by atoms with Crippen molar-refractivity contribution in [3.8, 4) is 5.75 Å². The number of carbonyl (C=O) groups excluding carboxylic acids is 1. The zero-order chi connectivity index (χ0) is 24.6. The molecule has 1 aliphatic heterocycles. The van der Waals surface area contributed by atoms with Crippen LogP contribution in [0, 0.1) is 0 Å². The van der Waals surface area contributed by atoms with Gasteiger partial charge in [0.2, 0.25) is 0 Å². The Bertz CT molecular complexity index is 1160. The summed E-state index contributed by atoms with van der Waals surface area (Å²) < 4.78 is 5.25. The van der Waals surface area contributed by atoms with Gasteiger partial charge in [0.1, 0.15) is 5.75 Å². The molecule has 0 spiro atoms. The Morgan fingerprint density at radius 1 is 0.914 bits per heavy atom. The Kier molecular flexibility index (Phi) is 8.00. The fourth-order valence-electron chi connectivity index (χ4n) is 4.42. The third-order valence-electron chi connectivity index (χ3n) is 6.35. The van der Waals surface area contributed by atoms with Crippen LogP contribution < -0.4 is 15.0 Å². The Hall–Kier alpha value is -3.84. The van der Waals surface area contributed by atoms with Crippen LogP contribution in [0.5, 0.6) is 5.75 Å². The van der Waals surface area contributed by atoms with Crippen LogP contribution in [0.2, 0.25) is 0 Å². The molecule has 2 N–H and O–H groups in total. The number of carboxylic acids is 1. The molecule has 1 aliphatic rings. The molecule has 0 saturated carbocycles. The molecule has 1 heterocycles. The number of aryl methyl sites for hydroxylation is 1. The van der Waals surface area contributed by atoms with Gasteiger partial charge in [0, 0.05) is 31.9 Å². The van der Waals surface area contributed by atoms with E-state index in [4.69, 9.17) is 4.74 Å². The number of nitrogens with one attached hydrogen (secondary N) is 1. The monoisotopic (exact) mass is 473 g/mol. The first-order valence-corrected chi connectivity index (χ1v) is 11.9. The molecule has 1 amide bonds. The van der Waals surface area contributed by atoms with Gasteiger partial charge in [-0.05, 0) is 55.3 Å². The SMILES string of the molecule is COc1ccccc1C(=O)Nc1ccc(N2CCN(CCCc3ccccc3)CC2)cc1C(=O)O. The van der Waals surface area contributed by atoms with Crippen molar-refractivity contribution in [3.63, 3.8) is 0 Å². The highest BCUT2D eigenvalue weighted by Gasteiger charge is 2.21. The molecular weight excluding hydrogens is 442 g/mol. The van der Waals surface area contributed by atoms with Crippen molar-refractivity contribution in [2.24, 2.45) is 0 Å². The second-order valence-corrected chi connectivity index (χ2v) is 8.61. The quantitative estimate of drug-likeness (QED) is 0.479. The number of carboxylic acid groups (broad SMARTS) is 1. The van der Waals surface area contributed by atoms with Gasteiger partial charge in [-0.2, -0.15) is 0 Å². The average molecular weight is 474 g/mol. The molecule has 0 aromatic heterocycles. The molecule has 1 fully saturated rings. The number of para-hydroxylation sites is 1. The lowest BCUT2D eigenvalue weighted by atomic mass is 10.1. The van der Waals surface area contributed by atoms with Crippen molar-refractivity contribution in [2.45, 2.75) is 12.8 Å². The fraction of sp³-hybridized carbons (Fsp3) is 0.286. The Morgan fingerprint density at radius 2 is 1.63 bits per heavy atom. The molecule has 0 unspecified atom stereocenters. The van der Waals surface area contributed by atoms with Crippen molar-refractivity contribution >= 4 is 23.3 Å². The van der Waals surface area contributed by atoms with Gasteiger partial charge >= 0.3 is 5.97 Å². The van der Waals surface area contributed by atoms with Crippen LogP contribution in [0.25, 0.3) is 0 Å². The number of piperazine rings is 1. The zero-order valence-electron chi connectivity index (χ0n) is 19.9. The maximum absolute atomic E-state index is 12.8. The normalized spacial score (nSPS) is 13.9. The number of rotatable bonds is 9. The summed E-state index contributed by atoms with van der Waals surface area (Å²) in [6, 6.07) is 22.6. The van der Waals surface area contributed by atoms with Gasteiger partial charge in [-0.25, -0.2) is 4.79 Å². The maximum atomic E-state index is 12.8. The zero-order valence-corrected chi connectivity index (χ0v) is 19.9. The smallest absolute Gasteiger partial charge is 0.337 e. The highest BCUT2D eigenvalue weighted by atomic mass is 16.5. The van der Waals surface area contributed by atoms with Crippen LogP contribution in [-0.4, -0.2) is 61.7 Å². The van der Waals surface area contributed by atoms with Crippen LogP contribution in [-0.2, 0) is 6.42 Å². The molecule has 7 nitrogen and oxygen atoms in total. The van der Waals surface area contributed by atoms with Crippen molar-refractivity contribution in [2.75, 3.05) is 50.1 Å². The van der Waals surface area contributed by atoms with E-state index in [1.807, 2.05) is 12.1 Å². The van der Waals surface area contributed by atoms with E-state index in [1.165, 1.54) is 12.7 Å². The Labute approximate surface area is 205 Å². The first-order valence-electron chi connectivity index (χ1n) is 11.9. The highest BCUT2D eigenvalue weighted by Crippen LogP contribution is 2.26. The van der Waals surface area contributed by atoms with Crippen molar-refractivity contribution in [1.29, 1.82) is 0 Å². The van der Waals surface area contributed by atoms with Crippen LogP contribution in [0.3, 0.4) is 0 Å². The highest BCUT2D eigenvalue weighted by molar-refractivity contribution is 6.09. The molecule has 4 rings (SSSR count). The number of nitrogens with zero attached hydrogens (tertiary/aromatic N) is 2. The van der Waals surface area contributed by atoms with E-state index in [9.17, 15) is 14.7 Å². The average Bonchev–Trinajstić information content (AvgIpc) is 2.90. The van der Waals surface area contributed by atoms with E-state index in [-0.39, 0.29) is 11.3 Å². The van der Waals surface area contributed by atoms with Crippen molar-refractivity contribution < 1.29 is 19.4 Å². The van der Waals surface area contributed by atoms with E-state index >= 15 is 0 Å². The minimum Gasteiger partial charge on any atom is -0.496 e. The molecule has 0 bridgehead atoms. The molecule has 0 atom stereocenters. The van der Waals surface area contributed by atoms with E-state index < -0.39 is 11.9 Å². The van der Waals surface area contributed by atoms with E-state index in [0.29, 0.717) is 11.3 Å². The van der Waals surface area contributed by atoms with Crippen LogP contribution >= 0.6 is 0 Å². The largest absolute Gasteiger partial charge is 0.496 e. The summed E-state index contributed by atoms with van der Waals surface area (Å²) in [6.45, 7) is 4.58. The third-order valence-corrected chi connectivity index (χ3v) is 6.35. The molecule has 3 aromatic rings. The Balaban J connectivity index is 1.36. The predicted molar refractivity (Wildman–Crippen MR) is 138 cm³/mol. The number of benzene rings is 3. The first-order chi connectivity index (χ1) is 17.0. The molecule has 182 valence electrons. The summed E-state index contributed by atoms with van der Waals surface area (Å²) in [5.74, 6) is -1.07. The number of amides is 1. The van der Waals surface area contributed by atoms with Gasteiger partial charge in [-0.15, -0.1) is 0 Å². The number of hydrogen-bond acceptors (Lipinski definition) is 5. The van der Waals surface area contributed by atoms with Crippen LogP contribution in [0.15, 0.2) is 72.8 Å². The first kappa shape index (κ1) is 24.3. The molecule has 7 heteroatoms. The molecule has 0 aliphatic carbocycles.